The predicted octanol–water partition coefficient (Wildman–Crippen LogP) is 14.3. The molecule has 12 rings (SSSR count). The van der Waals surface area contributed by atoms with E-state index in [9.17, 15) is 0 Å². The van der Waals surface area contributed by atoms with Crippen LogP contribution >= 0.6 is 0 Å². The van der Waals surface area contributed by atoms with E-state index >= 15 is 0 Å². The normalized spacial score (nSPS) is 13.6. The highest BCUT2D eigenvalue weighted by Crippen LogP contribution is 2.50. The first kappa shape index (κ1) is 30.3. The lowest BCUT2D eigenvalue weighted by Crippen LogP contribution is -1.99. The van der Waals surface area contributed by atoms with E-state index in [1.807, 2.05) is 12.1 Å². The van der Waals surface area contributed by atoms with E-state index in [0.29, 0.717) is 0 Å². The minimum atomic E-state index is 0.148. The maximum absolute atomic E-state index is 6.22. The summed E-state index contributed by atoms with van der Waals surface area (Å²) in [4.78, 5) is 0. The predicted molar refractivity (Wildman–Crippen MR) is 229 cm³/mol. The summed E-state index contributed by atoms with van der Waals surface area (Å²) in [5.41, 5.74) is 17.0. The quantitative estimate of drug-likeness (QED) is 0.179. The van der Waals surface area contributed by atoms with Gasteiger partial charge in [-0.1, -0.05) is 133 Å². The van der Waals surface area contributed by atoms with Gasteiger partial charge >= 0.3 is 0 Å². The van der Waals surface area contributed by atoms with Crippen LogP contribution in [0.1, 0.15) is 22.6 Å². The Kier molecular flexibility index (Phi) is 6.43. The molecule has 256 valence electrons. The molecule has 11 aromatic rings. The van der Waals surface area contributed by atoms with Crippen LogP contribution in [0.5, 0.6) is 0 Å². The summed E-state index contributed by atoms with van der Waals surface area (Å²) in [5.74, 6) is 0.148. The first-order valence-electron chi connectivity index (χ1n) is 19.0. The van der Waals surface area contributed by atoms with E-state index in [-0.39, 0.29) is 5.92 Å². The van der Waals surface area contributed by atoms with Crippen LogP contribution in [-0.2, 0) is 0 Å². The van der Waals surface area contributed by atoms with Crippen molar-refractivity contribution in [2.75, 3.05) is 0 Å². The highest BCUT2D eigenvalue weighted by atomic mass is 16.3. The molecule has 1 aliphatic carbocycles. The van der Waals surface area contributed by atoms with Crippen molar-refractivity contribution in [2.45, 2.75) is 5.92 Å². The Labute approximate surface area is 318 Å². The van der Waals surface area contributed by atoms with Crippen LogP contribution in [0.3, 0.4) is 0 Å². The fourth-order valence-corrected chi connectivity index (χ4v) is 9.28. The molecule has 9 aromatic carbocycles. The Hall–Kier alpha value is -7.16. The average molecular weight is 700 g/mol. The molecule has 2 heterocycles. The number of nitrogens with zero attached hydrogens (tertiary/aromatic N) is 1. The van der Waals surface area contributed by atoms with Gasteiger partial charge < -0.3 is 8.98 Å². The van der Waals surface area contributed by atoms with E-state index in [2.05, 4.69) is 187 Å². The molecule has 1 aliphatic rings. The number of hydrogen-bond donors (Lipinski definition) is 0. The van der Waals surface area contributed by atoms with Gasteiger partial charge in [0.25, 0.3) is 0 Å². The van der Waals surface area contributed by atoms with Crippen LogP contribution in [0.25, 0.3) is 93.6 Å². The van der Waals surface area contributed by atoms with Gasteiger partial charge in [0.05, 0.1) is 11.0 Å². The summed E-state index contributed by atoms with van der Waals surface area (Å²) in [7, 11) is 0. The molecule has 2 nitrogen and oxygen atoms in total. The van der Waals surface area contributed by atoms with E-state index in [1.54, 1.807) is 0 Å². The van der Waals surface area contributed by atoms with Crippen LogP contribution in [0.4, 0.5) is 0 Å². The number of fused-ring (bicyclic) bond motifs is 10. The molecule has 0 spiro atoms. The second-order valence-electron chi connectivity index (χ2n) is 14.9. The number of benzene rings is 9. The van der Waals surface area contributed by atoms with Gasteiger partial charge in [0, 0.05) is 33.2 Å². The average Bonchev–Trinajstić information content (AvgIpc) is 3.90. The third kappa shape index (κ3) is 4.62. The molecule has 0 saturated heterocycles. The Morgan fingerprint density at radius 2 is 1.00 bits per heavy atom. The summed E-state index contributed by atoms with van der Waals surface area (Å²) >= 11 is 0. The smallest absolute Gasteiger partial charge is 0.136 e. The van der Waals surface area contributed by atoms with E-state index in [1.165, 1.54) is 82.8 Å². The van der Waals surface area contributed by atoms with Crippen LogP contribution < -0.4 is 0 Å². The Morgan fingerprint density at radius 1 is 0.364 bits per heavy atom. The van der Waals surface area contributed by atoms with Crippen molar-refractivity contribution < 1.29 is 4.42 Å². The van der Waals surface area contributed by atoms with Gasteiger partial charge in [-0.3, -0.25) is 0 Å². The number of furan rings is 1. The molecule has 0 saturated carbocycles. The highest BCUT2D eigenvalue weighted by Gasteiger charge is 2.30. The molecule has 0 bridgehead atoms. The first-order chi connectivity index (χ1) is 27.2. The fraction of sp³-hybridized carbons (Fsp3) is 0.0189. The zero-order valence-electron chi connectivity index (χ0n) is 29.9. The van der Waals surface area contributed by atoms with Gasteiger partial charge in [0.1, 0.15) is 11.2 Å². The molecular formula is C53H33NO. The van der Waals surface area contributed by atoms with Gasteiger partial charge in [-0.25, -0.2) is 0 Å². The minimum Gasteiger partial charge on any atom is -0.456 e. The van der Waals surface area contributed by atoms with Crippen molar-refractivity contribution in [2.24, 2.45) is 0 Å². The van der Waals surface area contributed by atoms with Gasteiger partial charge in [-0.05, 0) is 122 Å². The Morgan fingerprint density at radius 3 is 1.95 bits per heavy atom. The van der Waals surface area contributed by atoms with Gasteiger partial charge in [-0.15, -0.1) is 0 Å². The third-order valence-electron chi connectivity index (χ3n) is 11.9. The minimum absolute atomic E-state index is 0.148. The number of para-hydroxylation sites is 3. The standard InChI is InChI=1S/C53H33NO/c1-2-10-40(11-3-1)54-49-16-8-6-13-43(49)47-30-37(24-27-50(47)54)36-22-25-42-41-12-4-5-15-46(41)53(48(42)31-36)39-21-20-33-28-34(18-19-35(33)29-39)38-23-26-45-44-14-7-9-17-51(44)55-52(45)32-38/h1-32,53H. The second-order valence-corrected chi connectivity index (χ2v) is 14.9. The Bertz CT molecular complexity index is 3330. The van der Waals surface area contributed by atoms with Crippen molar-refractivity contribution in [3.8, 4) is 39.1 Å². The van der Waals surface area contributed by atoms with Crippen LogP contribution in [0.15, 0.2) is 199 Å². The third-order valence-corrected chi connectivity index (χ3v) is 11.9. The van der Waals surface area contributed by atoms with Crippen molar-refractivity contribution in [1.29, 1.82) is 0 Å². The van der Waals surface area contributed by atoms with E-state index in [0.717, 1.165) is 27.5 Å². The van der Waals surface area contributed by atoms with Gasteiger partial charge in [0.2, 0.25) is 0 Å². The molecule has 1 atom stereocenters. The second kappa shape index (κ2) is 11.7. The number of aromatic nitrogens is 1. The maximum Gasteiger partial charge on any atom is 0.136 e. The molecule has 2 aromatic heterocycles. The molecular weight excluding hydrogens is 667 g/mol. The topological polar surface area (TPSA) is 18.1 Å². The molecule has 1 unspecified atom stereocenters. The van der Waals surface area contributed by atoms with Crippen molar-refractivity contribution >= 4 is 54.5 Å². The lowest BCUT2D eigenvalue weighted by atomic mass is 9.86. The highest BCUT2D eigenvalue weighted by molar-refractivity contribution is 6.10. The largest absolute Gasteiger partial charge is 0.456 e. The summed E-state index contributed by atoms with van der Waals surface area (Å²) in [6, 6.07) is 71.1. The summed E-state index contributed by atoms with van der Waals surface area (Å²) in [6.45, 7) is 0. The van der Waals surface area contributed by atoms with Gasteiger partial charge in [-0.2, -0.15) is 0 Å². The SMILES string of the molecule is c1ccc(-n2c3ccccc3c3cc(-c4ccc5c(c4)C(c4ccc6cc(-c7ccc8c(c7)oc7ccccc78)ccc6c4)c4ccccc4-5)ccc32)cc1. The molecule has 0 fully saturated rings. The van der Waals surface area contributed by atoms with E-state index in [4.69, 9.17) is 4.42 Å². The molecule has 2 heteroatoms. The van der Waals surface area contributed by atoms with E-state index < -0.39 is 0 Å². The number of hydrogen-bond acceptors (Lipinski definition) is 1. The fourth-order valence-electron chi connectivity index (χ4n) is 9.28. The monoisotopic (exact) mass is 699 g/mol. The van der Waals surface area contributed by atoms with Crippen LogP contribution in [0.2, 0.25) is 0 Å². The first-order valence-corrected chi connectivity index (χ1v) is 19.0. The van der Waals surface area contributed by atoms with Crippen molar-refractivity contribution in [3.63, 3.8) is 0 Å². The van der Waals surface area contributed by atoms with Crippen LogP contribution in [0, 0.1) is 0 Å². The lowest BCUT2D eigenvalue weighted by molar-refractivity contribution is 0.669. The zero-order chi connectivity index (χ0) is 36.0. The molecule has 0 aliphatic heterocycles. The summed E-state index contributed by atoms with van der Waals surface area (Å²) < 4.78 is 8.60. The summed E-state index contributed by atoms with van der Waals surface area (Å²) in [5, 5.41) is 7.32. The van der Waals surface area contributed by atoms with Gasteiger partial charge in [0.15, 0.2) is 0 Å². The molecule has 0 N–H and O–H groups in total. The Balaban J connectivity index is 0.946. The molecule has 55 heavy (non-hydrogen) atoms. The molecule has 0 radical (unpaired) electrons. The summed E-state index contributed by atoms with van der Waals surface area (Å²) in [6.07, 6.45) is 0. The van der Waals surface area contributed by atoms with Crippen LogP contribution in [-0.4, -0.2) is 4.57 Å². The molecule has 0 amide bonds. The maximum atomic E-state index is 6.22. The van der Waals surface area contributed by atoms with Crippen molar-refractivity contribution in [3.05, 3.63) is 211 Å². The van der Waals surface area contributed by atoms with Crippen molar-refractivity contribution in [1.82, 2.24) is 4.57 Å². The lowest BCUT2D eigenvalue weighted by Gasteiger charge is -2.17. The zero-order valence-corrected chi connectivity index (χ0v) is 29.9. The number of rotatable bonds is 4.